The van der Waals surface area contributed by atoms with E-state index in [0.29, 0.717) is 22.1 Å². The minimum absolute atomic E-state index is 0.269. The zero-order valence-corrected chi connectivity index (χ0v) is 15.1. The average Bonchev–Trinajstić information content (AvgIpc) is 3.10. The van der Waals surface area contributed by atoms with Crippen LogP contribution in [0.4, 0.5) is 10.1 Å². The molecular formula is C18H16FN5O2S. The van der Waals surface area contributed by atoms with E-state index in [0.717, 1.165) is 11.8 Å². The fourth-order valence-corrected chi connectivity index (χ4v) is 3.13. The van der Waals surface area contributed by atoms with E-state index in [4.69, 9.17) is 5.73 Å². The Bertz CT molecular complexity index is 974. The van der Waals surface area contributed by atoms with Crippen LogP contribution in [0.25, 0.3) is 5.69 Å². The van der Waals surface area contributed by atoms with E-state index in [9.17, 15) is 14.0 Å². The molecule has 138 valence electrons. The summed E-state index contributed by atoms with van der Waals surface area (Å²) in [6.45, 7) is 1.71. The number of carbonyl (C=O) groups is 2. The van der Waals surface area contributed by atoms with Crippen molar-refractivity contribution in [2.24, 2.45) is 5.73 Å². The standard InChI is InChI=1S/C18H16FN5O2S/c1-11(17(26)22-13-8-6-12(7-9-13)16(20)25)27-18-23-21-10-24(18)15-5-3-2-4-14(15)19/h2-11H,1H3,(H2,20,25)(H,22,26). The van der Waals surface area contributed by atoms with Crippen molar-refractivity contribution in [2.45, 2.75) is 17.3 Å². The van der Waals surface area contributed by atoms with E-state index in [2.05, 4.69) is 15.5 Å². The van der Waals surface area contributed by atoms with Crippen LogP contribution in [-0.4, -0.2) is 31.8 Å². The third kappa shape index (κ3) is 4.32. The van der Waals surface area contributed by atoms with Crippen LogP contribution in [0.2, 0.25) is 0 Å². The number of primary amides is 1. The number of carbonyl (C=O) groups excluding carboxylic acids is 2. The molecule has 3 N–H and O–H groups in total. The van der Waals surface area contributed by atoms with Crippen LogP contribution in [0.1, 0.15) is 17.3 Å². The molecular weight excluding hydrogens is 369 g/mol. The van der Waals surface area contributed by atoms with Gasteiger partial charge in [-0.15, -0.1) is 10.2 Å². The lowest BCUT2D eigenvalue weighted by Gasteiger charge is -2.13. The number of anilines is 1. The number of nitrogens with two attached hydrogens (primary N) is 1. The molecule has 0 radical (unpaired) electrons. The Morgan fingerprint density at radius 1 is 1.19 bits per heavy atom. The third-order valence-corrected chi connectivity index (χ3v) is 4.77. The maximum Gasteiger partial charge on any atom is 0.248 e. The van der Waals surface area contributed by atoms with Crippen LogP contribution in [0.5, 0.6) is 0 Å². The quantitative estimate of drug-likeness (QED) is 0.635. The Hall–Kier alpha value is -3.20. The summed E-state index contributed by atoms with van der Waals surface area (Å²) in [7, 11) is 0. The van der Waals surface area contributed by atoms with Crippen molar-refractivity contribution in [3.8, 4) is 5.69 Å². The molecule has 0 aliphatic heterocycles. The number of hydrogen-bond donors (Lipinski definition) is 2. The van der Waals surface area contributed by atoms with Crippen molar-refractivity contribution >= 4 is 29.3 Å². The van der Waals surface area contributed by atoms with Crippen molar-refractivity contribution in [2.75, 3.05) is 5.32 Å². The SMILES string of the molecule is CC(Sc1nncn1-c1ccccc1F)C(=O)Nc1ccc(C(N)=O)cc1. The van der Waals surface area contributed by atoms with E-state index in [1.165, 1.54) is 29.1 Å². The molecule has 0 spiro atoms. The normalized spacial score (nSPS) is 11.8. The number of amides is 2. The second-order valence-electron chi connectivity index (χ2n) is 5.63. The number of rotatable bonds is 6. The molecule has 0 aliphatic carbocycles. The number of thioether (sulfide) groups is 1. The maximum absolute atomic E-state index is 14.0. The molecule has 0 aliphatic rings. The minimum atomic E-state index is -0.538. The molecule has 1 atom stereocenters. The van der Waals surface area contributed by atoms with Crippen LogP contribution in [0, 0.1) is 5.82 Å². The van der Waals surface area contributed by atoms with Crippen LogP contribution < -0.4 is 11.1 Å². The van der Waals surface area contributed by atoms with Gasteiger partial charge in [-0.1, -0.05) is 23.9 Å². The average molecular weight is 385 g/mol. The summed E-state index contributed by atoms with van der Waals surface area (Å²) in [5, 5.41) is 10.4. The number of benzene rings is 2. The smallest absolute Gasteiger partial charge is 0.248 e. The van der Waals surface area contributed by atoms with Gasteiger partial charge in [0.25, 0.3) is 0 Å². The molecule has 3 aromatic rings. The summed E-state index contributed by atoms with van der Waals surface area (Å²) in [5.74, 6) is -1.22. The second-order valence-corrected chi connectivity index (χ2v) is 6.93. The summed E-state index contributed by atoms with van der Waals surface area (Å²) < 4.78 is 15.5. The molecule has 1 heterocycles. The summed E-state index contributed by atoms with van der Waals surface area (Å²) in [6.07, 6.45) is 1.40. The molecule has 27 heavy (non-hydrogen) atoms. The van der Waals surface area contributed by atoms with Crippen molar-refractivity contribution in [1.29, 1.82) is 0 Å². The van der Waals surface area contributed by atoms with Gasteiger partial charge in [0.1, 0.15) is 12.1 Å². The van der Waals surface area contributed by atoms with Gasteiger partial charge in [0, 0.05) is 11.3 Å². The van der Waals surface area contributed by atoms with Crippen LogP contribution in [0.15, 0.2) is 60.0 Å². The minimum Gasteiger partial charge on any atom is -0.366 e. The molecule has 2 amide bonds. The topological polar surface area (TPSA) is 103 Å². The van der Waals surface area contributed by atoms with Crippen molar-refractivity contribution < 1.29 is 14.0 Å². The van der Waals surface area contributed by atoms with E-state index in [-0.39, 0.29) is 5.91 Å². The lowest BCUT2D eigenvalue weighted by Crippen LogP contribution is -2.23. The van der Waals surface area contributed by atoms with Crippen molar-refractivity contribution in [1.82, 2.24) is 14.8 Å². The van der Waals surface area contributed by atoms with E-state index in [1.807, 2.05) is 0 Å². The number of hydrogen-bond acceptors (Lipinski definition) is 5. The molecule has 0 bridgehead atoms. The zero-order valence-electron chi connectivity index (χ0n) is 14.3. The molecule has 0 saturated heterocycles. The molecule has 1 aromatic heterocycles. The first kappa shape index (κ1) is 18.6. The van der Waals surface area contributed by atoms with Gasteiger partial charge >= 0.3 is 0 Å². The summed E-state index contributed by atoms with van der Waals surface area (Å²) in [6, 6.07) is 12.5. The van der Waals surface area contributed by atoms with Gasteiger partial charge in [0.2, 0.25) is 11.8 Å². The molecule has 3 rings (SSSR count). The van der Waals surface area contributed by atoms with Gasteiger partial charge < -0.3 is 11.1 Å². The predicted octanol–water partition coefficient (Wildman–Crippen LogP) is 2.62. The molecule has 1 unspecified atom stereocenters. The molecule has 0 saturated carbocycles. The summed E-state index contributed by atoms with van der Waals surface area (Å²) in [5.41, 5.74) is 6.39. The number of aromatic nitrogens is 3. The Morgan fingerprint density at radius 3 is 2.56 bits per heavy atom. The maximum atomic E-state index is 14.0. The largest absolute Gasteiger partial charge is 0.366 e. The number of nitrogens with zero attached hydrogens (tertiary/aromatic N) is 3. The van der Waals surface area contributed by atoms with Crippen molar-refractivity contribution in [3.63, 3.8) is 0 Å². The van der Waals surface area contributed by atoms with Gasteiger partial charge in [-0.25, -0.2) is 4.39 Å². The first-order chi connectivity index (χ1) is 13.0. The van der Waals surface area contributed by atoms with E-state index in [1.54, 1.807) is 37.3 Å². The summed E-state index contributed by atoms with van der Waals surface area (Å²) >= 11 is 1.15. The van der Waals surface area contributed by atoms with Gasteiger partial charge in [-0.05, 0) is 43.3 Å². The molecule has 7 nitrogen and oxygen atoms in total. The lowest BCUT2D eigenvalue weighted by atomic mass is 10.2. The van der Waals surface area contributed by atoms with Crippen LogP contribution in [-0.2, 0) is 4.79 Å². The highest BCUT2D eigenvalue weighted by molar-refractivity contribution is 8.00. The van der Waals surface area contributed by atoms with E-state index < -0.39 is 17.0 Å². The highest BCUT2D eigenvalue weighted by atomic mass is 32.2. The van der Waals surface area contributed by atoms with Gasteiger partial charge in [0.05, 0.1) is 10.9 Å². The molecule has 0 fully saturated rings. The van der Waals surface area contributed by atoms with Crippen LogP contribution >= 0.6 is 11.8 Å². The van der Waals surface area contributed by atoms with Crippen molar-refractivity contribution in [3.05, 3.63) is 66.2 Å². The Kier molecular flexibility index (Phi) is 5.51. The van der Waals surface area contributed by atoms with E-state index >= 15 is 0 Å². The lowest BCUT2D eigenvalue weighted by molar-refractivity contribution is -0.115. The summed E-state index contributed by atoms with van der Waals surface area (Å²) in [4.78, 5) is 23.5. The number of halogens is 1. The van der Waals surface area contributed by atoms with Crippen LogP contribution in [0.3, 0.4) is 0 Å². The highest BCUT2D eigenvalue weighted by Gasteiger charge is 2.19. The first-order valence-electron chi connectivity index (χ1n) is 7.98. The fraction of sp³-hybridized carbons (Fsp3) is 0.111. The highest BCUT2D eigenvalue weighted by Crippen LogP contribution is 2.25. The molecule has 2 aromatic carbocycles. The van der Waals surface area contributed by atoms with Gasteiger partial charge in [-0.3, -0.25) is 14.2 Å². The Balaban J connectivity index is 1.70. The second kappa shape index (κ2) is 8.00. The number of nitrogens with one attached hydrogen (secondary N) is 1. The fourth-order valence-electron chi connectivity index (χ4n) is 2.29. The van der Waals surface area contributed by atoms with Gasteiger partial charge in [-0.2, -0.15) is 0 Å². The monoisotopic (exact) mass is 385 g/mol. The Labute approximate surface area is 158 Å². The van der Waals surface area contributed by atoms with Gasteiger partial charge in [0.15, 0.2) is 5.16 Å². The first-order valence-corrected chi connectivity index (χ1v) is 8.86. The number of para-hydroxylation sites is 1. The Morgan fingerprint density at radius 2 is 1.89 bits per heavy atom. The molecule has 9 heteroatoms. The zero-order chi connectivity index (χ0) is 19.4. The third-order valence-electron chi connectivity index (χ3n) is 3.72. The predicted molar refractivity (Wildman–Crippen MR) is 100 cm³/mol.